The number of carbonyl (C=O) groups is 2. The summed E-state index contributed by atoms with van der Waals surface area (Å²) >= 11 is 1.40. The van der Waals surface area contributed by atoms with E-state index in [0.717, 1.165) is 11.3 Å². The van der Waals surface area contributed by atoms with Crippen LogP contribution in [-0.2, 0) is 4.79 Å². The molecule has 2 aromatic rings. The molecule has 0 bridgehead atoms. The van der Waals surface area contributed by atoms with Crippen LogP contribution in [-0.4, -0.2) is 17.0 Å². The zero-order chi connectivity index (χ0) is 16.9. The van der Waals surface area contributed by atoms with Crippen LogP contribution >= 0.6 is 11.8 Å². The summed E-state index contributed by atoms with van der Waals surface area (Å²) in [6.07, 6.45) is 2.51. The van der Waals surface area contributed by atoms with Crippen LogP contribution in [0.3, 0.4) is 0 Å². The number of amides is 2. The lowest BCUT2D eigenvalue weighted by Crippen LogP contribution is -2.18. The summed E-state index contributed by atoms with van der Waals surface area (Å²) in [7, 11) is 0. The highest BCUT2D eigenvalue weighted by Gasteiger charge is 2.24. The lowest BCUT2D eigenvalue weighted by Gasteiger charge is -2.11. The Hall–Kier alpha value is -2.57. The predicted octanol–water partition coefficient (Wildman–Crippen LogP) is 3.51. The number of para-hydroxylation sites is 1. The van der Waals surface area contributed by atoms with E-state index in [0.29, 0.717) is 16.9 Å². The maximum absolute atomic E-state index is 12.2. The van der Waals surface area contributed by atoms with Crippen LogP contribution < -0.4 is 10.8 Å². The Balaban J connectivity index is 1.64. The number of hydrogen-bond acceptors (Lipinski definition) is 4. The van der Waals surface area contributed by atoms with Crippen molar-refractivity contribution in [3.63, 3.8) is 0 Å². The van der Waals surface area contributed by atoms with Crippen molar-refractivity contribution in [2.45, 2.75) is 11.7 Å². The fourth-order valence-electron chi connectivity index (χ4n) is 2.44. The molecule has 0 aliphatic carbocycles. The Bertz CT molecular complexity index is 773. The summed E-state index contributed by atoms with van der Waals surface area (Å²) in [5.41, 5.74) is 4.01. The van der Waals surface area contributed by atoms with Crippen molar-refractivity contribution in [3.8, 4) is 0 Å². The molecule has 0 fully saturated rings. The van der Waals surface area contributed by atoms with E-state index in [-0.39, 0.29) is 11.2 Å². The van der Waals surface area contributed by atoms with Gasteiger partial charge in [-0.1, -0.05) is 36.4 Å². The molecule has 0 radical (unpaired) electrons. The molecule has 1 aliphatic heterocycles. The van der Waals surface area contributed by atoms with E-state index < -0.39 is 5.91 Å². The number of allylic oxidation sites excluding steroid dienone is 1. The lowest BCUT2D eigenvalue weighted by molar-refractivity contribution is -0.124. The number of thioether (sulfide) groups is 1. The highest BCUT2D eigenvalue weighted by atomic mass is 32.2. The van der Waals surface area contributed by atoms with E-state index in [2.05, 4.69) is 5.32 Å². The third kappa shape index (κ3) is 3.67. The van der Waals surface area contributed by atoms with Gasteiger partial charge in [0, 0.05) is 16.5 Å². The van der Waals surface area contributed by atoms with Gasteiger partial charge in [-0.25, -0.2) is 5.48 Å². The van der Waals surface area contributed by atoms with Gasteiger partial charge in [0.25, 0.3) is 11.8 Å². The second-order valence-corrected chi connectivity index (χ2v) is 6.54. The molecule has 6 heteroatoms. The SMILES string of the molecule is O=C(NO)C1=CCC(c2ccc(C(=O)Nc3ccccc3)cc2)S1. The molecule has 122 valence electrons. The normalized spacial score (nSPS) is 16.4. The molecular formula is C18H16N2O3S. The van der Waals surface area contributed by atoms with Gasteiger partial charge in [0.2, 0.25) is 0 Å². The standard InChI is InChI=1S/C18H16N2O3S/c21-17(19-14-4-2-1-3-5-14)13-8-6-12(7-9-13)15-10-11-16(24-15)18(22)20-23/h1-9,11,15,23H,10H2,(H,19,21)(H,20,22). The minimum Gasteiger partial charge on any atom is -0.322 e. The van der Waals surface area contributed by atoms with Crippen molar-refractivity contribution in [1.29, 1.82) is 0 Å². The molecule has 1 heterocycles. The van der Waals surface area contributed by atoms with Crippen molar-refractivity contribution in [2.24, 2.45) is 0 Å². The smallest absolute Gasteiger partial charge is 0.280 e. The second-order valence-electron chi connectivity index (χ2n) is 5.29. The van der Waals surface area contributed by atoms with Gasteiger partial charge in [-0.2, -0.15) is 0 Å². The summed E-state index contributed by atoms with van der Waals surface area (Å²) < 4.78 is 0. The summed E-state index contributed by atoms with van der Waals surface area (Å²) in [5.74, 6) is -0.647. The number of carbonyl (C=O) groups excluding carboxylic acids is 2. The van der Waals surface area contributed by atoms with Gasteiger partial charge in [-0.15, -0.1) is 11.8 Å². The molecule has 2 amide bonds. The van der Waals surface area contributed by atoms with Crippen LogP contribution in [0.15, 0.2) is 65.6 Å². The van der Waals surface area contributed by atoms with Crippen molar-refractivity contribution in [1.82, 2.24) is 5.48 Å². The van der Waals surface area contributed by atoms with Crippen LogP contribution in [0, 0.1) is 0 Å². The largest absolute Gasteiger partial charge is 0.322 e. The number of rotatable bonds is 4. The van der Waals surface area contributed by atoms with Gasteiger partial charge < -0.3 is 5.32 Å². The van der Waals surface area contributed by atoms with E-state index in [1.165, 1.54) is 11.8 Å². The Kier molecular flexibility index (Phi) is 4.98. The highest BCUT2D eigenvalue weighted by Crippen LogP contribution is 2.43. The number of hydrogen-bond donors (Lipinski definition) is 3. The van der Waals surface area contributed by atoms with Crippen molar-refractivity contribution in [2.75, 3.05) is 5.32 Å². The van der Waals surface area contributed by atoms with Crippen molar-refractivity contribution >= 4 is 29.3 Å². The van der Waals surface area contributed by atoms with Gasteiger partial charge in [0.05, 0.1) is 4.91 Å². The number of benzene rings is 2. The summed E-state index contributed by atoms with van der Waals surface area (Å²) in [5, 5.41) is 11.6. The van der Waals surface area contributed by atoms with Gasteiger partial charge in [-0.05, 0) is 36.2 Å². The molecule has 1 unspecified atom stereocenters. The molecule has 0 spiro atoms. The van der Waals surface area contributed by atoms with Crippen LogP contribution in [0.4, 0.5) is 5.69 Å². The summed E-state index contributed by atoms with van der Waals surface area (Å²) in [6.45, 7) is 0. The van der Waals surface area contributed by atoms with E-state index in [1.54, 1.807) is 23.7 Å². The first-order valence-corrected chi connectivity index (χ1v) is 8.33. The van der Waals surface area contributed by atoms with Crippen LogP contribution in [0.25, 0.3) is 0 Å². The van der Waals surface area contributed by atoms with Crippen LogP contribution in [0.2, 0.25) is 0 Å². The molecule has 0 aromatic heterocycles. The second kappa shape index (κ2) is 7.33. The third-order valence-corrected chi connectivity index (χ3v) is 5.04. The Morgan fingerprint density at radius 3 is 2.38 bits per heavy atom. The minimum atomic E-state index is -0.485. The predicted molar refractivity (Wildman–Crippen MR) is 93.8 cm³/mol. The fraction of sp³-hybridized carbons (Fsp3) is 0.111. The molecule has 1 atom stereocenters. The average molecular weight is 340 g/mol. The molecule has 0 saturated heterocycles. The third-order valence-electron chi connectivity index (χ3n) is 3.69. The number of nitrogens with one attached hydrogen (secondary N) is 2. The molecule has 3 N–H and O–H groups in total. The maximum Gasteiger partial charge on any atom is 0.280 e. The first-order chi connectivity index (χ1) is 11.7. The number of hydroxylamine groups is 1. The topological polar surface area (TPSA) is 78.4 Å². The van der Waals surface area contributed by atoms with Gasteiger partial charge in [-0.3, -0.25) is 14.8 Å². The molecule has 1 aliphatic rings. The Morgan fingerprint density at radius 1 is 1.00 bits per heavy atom. The maximum atomic E-state index is 12.2. The summed E-state index contributed by atoms with van der Waals surface area (Å²) in [4.78, 5) is 24.1. The quantitative estimate of drug-likeness (QED) is 0.588. The first kappa shape index (κ1) is 16.3. The van der Waals surface area contributed by atoms with E-state index >= 15 is 0 Å². The minimum absolute atomic E-state index is 0.114. The highest BCUT2D eigenvalue weighted by molar-refractivity contribution is 8.04. The van der Waals surface area contributed by atoms with Gasteiger partial charge >= 0.3 is 0 Å². The molecule has 24 heavy (non-hydrogen) atoms. The fourth-order valence-corrected chi connectivity index (χ4v) is 3.58. The van der Waals surface area contributed by atoms with E-state index in [9.17, 15) is 9.59 Å². The number of anilines is 1. The van der Waals surface area contributed by atoms with Crippen LogP contribution in [0.5, 0.6) is 0 Å². The van der Waals surface area contributed by atoms with Gasteiger partial charge in [0.1, 0.15) is 0 Å². The molecule has 3 rings (SSSR count). The Labute approximate surface area is 143 Å². The van der Waals surface area contributed by atoms with E-state index in [4.69, 9.17) is 5.21 Å². The molecule has 0 saturated carbocycles. The zero-order valence-electron chi connectivity index (χ0n) is 12.7. The zero-order valence-corrected chi connectivity index (χ0v) is 13.5. The van der Waals surface area contributed by atoms with Crippen LogP contribution in [0.1, 0.15) is 27.6 Å². The lowest BCUT2D eigenvalue weighted by atomic mass is 10.1. The van der Waals surface area contributed by atoms with Crippen molar-refractivity contribution < 1.29 is 14.8 Å². The first-order valence-electron chi connectivity index (χ1n) is 7.45. The van der Waals surface area contributed by atoms with Crippen molar-refractivity contribution in [3.05, 3.63) is 76.7 Å². The molecule has 2 aromatic carbocycles. The molecular weight excluding hydrogens is 324 g/mol. The molecule has 5 nitrogen and oxygen atoms in total. The Morgan fingerprint density at radius 2 is 1.71 bits per heavy atom. The average Bonchev–Trinajstić information content (AvgIpc) is 3.12. The summed E-state index contributed by atoms with van der Waals surface area (Å²) in [6, 6.07) is 16.6. The monoisotopic (exact) mass is 340 g/mol. The van der Waals surface area contributed by atoms with Gasteiger partial charge in [0.15, 0.2) is 0 Å². The van der Waals surface area contributed by atoms with E-state index in [1.807, 2.05) is 42.5 Å².